The van der Waals surface area contributed by atoms with Crippen LogP contribution in [0.4, 0.5) is 11.4 Å². The van der Waals surface area contributed by atoms with Gasteiger partial charge in [-0.15, -0.1) is 0 Å². The van der Waals surface area contributed by atoms with E-state index in [4.69, 9.17) is 11.6 Å². The number of halogens is 1. The van der Waals surface area contributed by atoms with E-state index in [2.05, 4.69) is 39.6 Å². The van der Waals surface area contributed by atoms with Crippen molar-refractivity contribution >= 4 is 23.0 Å². The number of pyridine rings is 2. The van der Waals surface area contributed by atoms with Crippen molar-refractivity contribution in [3.8, 4) is 11.3 Å². The number of likely N-dealkylation sites (N-methyl/N-ethyl adjacent to an activating group) is 1. The van der Waals surface area contributed by atoms with Crippen LogP contribution in [0.3, 0.4) is 0 Å². The largest absolute Gasteiger partial charge is 0.390 e. The highest BCUT2D eigenvalue weighted by atomic mass is 35.5. The third-order valence-corrected chi connectivity index (χ3v) is 5.42. The van der Waals surface area contributed by atoms with E-state index in [0.29, 0.717) is 11.2 Å². The summed E-state index contributed by atoms with van der Waals surface area (Å²) in [5, 5.41) is 17.7. The van der Waals surface area contributed by atoms with E-state index in [1.807, 2.05) is 31.3 Å². The van der Waals surface area contributed by atoms with E-state index in [1.54, 1.807) is 6.20 Å². The first kappa shape index (κ1) is 20.8. The molecule has 1 aliphatic carbocycles. The molecule has 0 spiro atoms. The van der Waals surface area contributed by atoms with Crippen molar-refractivity contribution in [2.45, 2.75) is 44.2 Å². The van der Waals surface area contributed by atoms with Gasteiger partial charge in [-0.3, -0.25) is 4.98 Å². The lowest BCUT2D eigenvalue weighted by atomic mass is 9.83. The van der Waals surface area contributed by atoms with E-state index in [0.717, 1.165) is 61.4 Å². The molecule has 2 aromatic heterocycles. The Morgan fingerprint density at radius 3 is 2.71 bits per heavy atom. The number of nitrogens with one attached hydrogen (secondary N) is 2. The Morgan fingerprint density at radius 1 is 1.25 bits per heavy atom. The van der Waals surface area contributed by atoms with Gasteiger partial charge in [-0.25, -0.2) is 4.98 Å². The standard InChI is InChI=1S/C21H30ClN5O/c1-21(28)7-4-15(5-8-21)26-19-13-20(22)25-14-17(19)18-12-16(6-9-24-18)23-10-11-27(2)3/h6,9,12-15,28H,4-5,7-8,10-11H2,1-3H3,(H,23,24)(H,25,26). The van der Waals surface area contributed by atoms with E-state index >= 15 is 0 Å². The summed E-state index contributed by atoms with van der Waals surface area (Å²) >= 11 is 6.17. The molecule has 6 nitrogen and oxygen atoms in total. The van der Waals surface area contributed by atoms with Crippen LogP contribution in [-0.4, -0.2) is 58.8 Å². The minimum atomic E-state index is -0.551. The average Bonchev–Trinajstić information content (AvgIpc) is 2.64. The Bertz CT molecular complexity index is 786. The van der Waals surface area contributed by atoms with E-state index in [-0.39, 0.29) is 0 Å². The highest BCUT2D eigenvalue weighted by Crippen LogP contribution is 2.34. The van der Waals surface area contributed by atoms with Gasteiger partial charge in [0.15, 0.2) is 0 Å². The predicted octanol–water partition coefficient (Wildman–Crippen LogP) is 3.88. The summed E-state index contributed by atoms with van der Waals surface area (Å²) in [5.74, 6) is 0. The first-order chi connectivity index (χ1) is 13.3. The van der Waals surface area contributed by atoms with Gasteiger partial charge in [0.05, 0.1) is 11.3 Å². The fourth-order valence-corrected chi connectivity index (χ4v) is 3.63. The van der Waals surface area contributed by atoms with Crippen molar-refractivity contribution < 1.29 is 5.11 Å². The highest BCUT2D eigenvalue weighted by molar-refractivity contribution is 6.29. The van der Waals surface area contributed by atoms with Gasteiger partial charge in [-0.05, 0) is 64.9 Å². The van der Waals surface area contributed by atoms with Gasteiger partial charge in [-0.1, -0.05) is 11.6 Å². The van der Waals surface area contributed by atoms with Gasteiger partial charge in [0.1, 0.15) is 5.15 Å². The molecule has 2 heterocycles. The summed E-state index contributed by atoms with van der Waals surface area (Å²) in [6.45, 7) is 3.73. The second-order valence-electron chi connectivity index (χ2n) is 8.13. The molecular formula is C21H30ClN5O. The molecule has 0 unspecified atom stereocenters. The molecule has 2 aromatic rings. The average molecular weight is 404 g/mol. The van der Waals surface area contributed by atoms with Crippen molar-refractivity contribution in [3.63, 3.8) is 0 Å². The SMILES string of the molecule is CN(C)CCNc1ccnc(-c2cnc(Cl)cc2NC2CCC(C)(O)CC2)c1. The number of aliphatic hydroxyl groups is 1. The Labute approximate surface area is 172 Å². The van der Waals surface area contributed by atoms with Crippen molar-refractivity contribution in [2.24, 2.45) is 0 Å². The summed E-state index contributed by atoms with van der Waals surface area (Å²) in [6.07, 6.45) is 7.02. The molecule has 1 aliphatic rings. The highest BCUT2D eigenvalue weighted by Gasteiger charge is 2.29. The third kappa shape index (κ3) is 5.80. The van der Waals surface area contributed by atoms with E-state index in [1.165, 1.54) is 0 Å². The lowest BCUT2D eigenvalue weighted by Gasteiger charge is -2.34. The number of aromatic nitrogens is 2. The number of hydrogen-bond acceptors (Lipinski definition) is 6. The topological polar surface area (TPSA) is 73.3 Å². The molecule has 0 aromatic carbocycles. The second kappa shape index (κ2) is 9.07. The van der Waals surface area contributed by atoms with Crippen LogP contribution in [0.1, 0.15) is 32.6 Å². The molecule has 28 heavy (non-hydrogen) atoms. The van der Waals surface area contributed by atoms with Crippen LogP contribution < -0.4 is 10.6 Å². The van der Waals surface area contributed by atoms with Gasteiger partial charge >= 0.3 is 0 Å². The first-order valence-electron chi connectivity index (χ1n) is 9.82. The van der Waals surface area contributed by atoms with Crippen LogP contribution in [0.15, 0.2) is 30.6 Å². The monoisotopic (exact) mass is 403 g/mol. The van der Waals surface area contributed by atoms with Gasteiger partial charge in [0.25, 0.3) is 0 Å². The zero-order valence-corrected chi connectivity index (χ0v) is 17.6. The zero-order valence-electron chi connectivity index (χ0n) is 16.9. The summed E-state index contributed by atoms with van der Waals surface area (Å²) in [6, 6.07) is 6.17. The third-order valence-electron chi connectivity index (χ3n) is 5.22. The van der Waals surface area contributed by atoms with Crippen molar-refractivity contribution in [2.75, 3.05) is 37.8 Å². The molecule has 7 heteroatoms. The van der Waals surface area contributed by atoms with Crippen molar-refractivity contribution in [1.82, 2.24) is 14.9 Å². The molecule has 0 saturated heterocycles. The van der Waals surface area contributed by atoms with Crippen LogP contribution in [-0.2, 0) is 0 Å². The summed E-state index contributed by atoms with van der Waals surface area (Å²) in [5.41, 5.74) is 3.19. The van der Waals surface area contributed by atoms with Crippen LogP contribution in [0.5, 0.6) is 0 Å². The number of rotatable bonds is 7. The lowest BCUT2D eigenvalue weighted by molar-refractivity contribution is 0.0196. The van der Waals surface area contributed by atoms with Gasteiger partial charge in [0.2, 0.25) is 0 Å². The minimum absolute atomic E-state index is 0.304. The number of anilines is 2. The summed E-state index contributed by atoms with van der Waals surface area (Å²) < 4.78 is 0. The molecule has 3 N–H and O–H groups in total. The maximum atomic E-state index is 10.2. The fraction of sp³-hybridized carbons (Fsp3) is 0.524. The molecule has 0 bridgehead atoms. The van der Waals surface area contributed by atoms with Crippen LogP contribution >= 0.6 is 11.6 Å². The van der Waals surface area contributed by atoms with Crippen LogP contribution in [0, 0.1) is 0 Å². The van der Waals surface area contributed by atoms with Crippen molar-refractivity contribution in [1.29, 1.82) is 0 Å². The van der Waals surface area contributed by atoms with E-state index in [9.17, 15) is 5.11 Å². The van der Waals surface area contributed by atoms with E-state index < -0.39 is 5.60 Å². The zero-order chi connectivity index (χ0) is 20.1. The molecule has 0 radical (unpaired) electrons. The first-order valence-corrected chi connectivity index (χ1v) is 10.2. The summed E-state index contributed by atoms with van der Waals surface area (Å²) in [4.78, 5) is 11.0. The van der Waals surface area contributed by atoms with Crippen molar-refractivity contribution in [3.05, 3.63) is 35.7 Å². The minimum Gasteiger partial charge on any atom is -0.390 e. The Morgan fingerprint density at radius 2 is 2.00 bits per heavy atom. The normalized spacial score (nSPS) is 22.3. The second-order valence-corrected chi connectivity index (χ2v) is 8.52. The number of hydrogen-bond donors (Lipinski definition) is 3. The van der Waals surface area contributed by atoms with Gasteiger partial charge in [-0.2, -0.15) is 0 Å². The molecular weight excluding hydrogens is 374 g/mol. The Hall–Kier alpha value is -1.89. The molecule has 0 amide bonds. The maximum absolute atomic E-state index is 10.2. The van der Waals surface area contributed by atoms with Gasteiger partial charge < -0.3 is 20.6 Å². The van der Waals surface area contributed by atoms with Crippen LogP contribution in [0.25, 0.3) is 11.3 Å². The summed E-state index contributed by atoms with van der Waals surface area (Å²) in [7, 11) is 4.11. The maximum Gasteiger partial charge on any atom is 0.131 e. The van der Waals surface area contributed by atoms with Crippen LogP contribution in [0.2, 0.25) is 5.15 Å². The fourth-order valence-electron chi connectivity index (χ4n) is 3.47. The molecule has 1 fully saturated rings. The van der Waals surface area contributed by atoms with Gasteiger partial charge in [0, 0.05) is 48.5 Å². The molecule has 1 saturated carbocycles. The quantitative estimate of drug-likeness (QED) is 0.609. The Kier molecular flexibility index (Phi) is 6.75. The molecule has 0 atom stereocenters. The lowest BCUT2D eigenvalue weighted by Crippen LogP contribution is -2.35. The number of nitrogens with zero attached hydrogens (tertiary/aromatic N) is 3. The predicted molar refractivity (Wildman–Crippen MR) is 116 cm³/mol. The molecule has 0 aliphatic heterocycles. The Balaban J connectivity index is 1.77. The molecule has 3 rings (SSSR count). The molecule has 152 valence electrons. The smallest absolute Gasteiger partial charge is 0.131 e.